The van der Waals surface area contributed by atoms with Crippen LogP contribution in [-0.4, -0.2) is 15.2 Å². The highest BCUT2D eigenvalue weighted by molar-refractivity contribution is 6.30. The van der Waals surface area contributed by atoms with Gasteiger partial charge in [-0.2, -0.15) is 5.10 Å². The minimum absolute atomic E-state index is 0.499. The van der Waals surface area contributed by atoms with Crippen molar-refractivity contribution in [2.24, 2.45) is 5.92 Å². The molecule has 0 unspecified atom stereocenters. The van der Waals surface area contributed by atoms with Crippen LogP contribution in [-0.2, 0) is 6.42 Å². The lowest BCUT2D eigenvalue weighted by atomic mass is 10.0. The number of pyridine rings is 1. The van der Waals surface area contributed by atoms with Crippen molar-refractivity contribution in [3.8, 4) is 11.3 Å². The maximum absolute atomic E-state index is 6.28. The first-order chi connectivity index (χ1) is 10.1. The summed E-state index contributed by atoms with van der Waals surface area (Å²) >= 11 is 5.95. The number of hydrogen-bond acceptors (Lipinski definition) is 3. The van der Waals surface area contributed by atoms with E-state index in [1.807, 2.05) is 30.5 Å². The summed E-state index contributed by atoms with van der Waals surface area (Å²) in [4.78, 5) is 4.76. The van der Waals surface area contributed by atoms with Crippen LogP contribution in [0.2, 0.25) is 5.02 Å². The number of hydrogen-bond donors (Lipinski definition) is 2. The summed E-state index contributed by atoms with van der Waals surface area (Å²) in [6.07, 6.45) is 2.69. The summed E-state index contributed by atoms with van der Waals surface area (Å²) < 4.78 is 0. The van der Waals surface area contributed by atoms with Crippen molar-refractivity contribution >= 4 is 28.2 Å². The molecule has 3 aromatic rings. The molecular formula is C16H17ClN4. The lowest BCUT2D eigenvalue weighted by molar-refractivity contribution is 0.638. The highest BCUT2D eigenvalue weighted by Gasteiger charge is 2.16. The molecule has 0 spiro atoms. The maximum atomic E-state index is 6.28. The van der Waals surface area contributed by atoms with Crippen LogP contribution in [0.25, 0.3) is 22.2 Å². The third-order valence-corrected chi connectivity index (χ3v) is 3.68. The van der Waals surface area contributed by atoms with E-state index in [4.69, 9.17) is 22.3 Å². The fraction of sp³-hybridized carbons (Fsp3) is 0.250. The highest BCUT2D eigenvalue weighted by atomic mass is 35.5. The molecule has 0 bridgehead atoms. The molecule has 0 atom stereocenters. The van der Waals surface area contributed by atoms with Crippen LogP contribution in [0.1, 0.15) is 19.5 Å². The molecule has 0 saturated carbocycles. The first kappa shape index (κ1) is 13.9. The fourth-order valence-electron chi connectivity index (χ4n) is 2.45. The number of benzene rings is 1. The van der Waals surface area contributed by atoms with Gasteiger partial charge in [-0.1, -0.05) is 37.6 Å². The molecule has 0 aliphatic rings. The maximum Gasteiger partial charge on any atom is 0.116 e. The van der Waals surface area contributed by atoms with Gasteiger partial charge in [-0.15, -0.1) is 0 Å². The van der Waals surface area contributed by atoms with E-state index in [1.54, 1.807) is 0 Å². The van der Waals surface area contributed by atoms with Crippen LogP contribution < -0.4 is 5.73 Å². The summed E-state index contributed by atoms with van der Waals surface area (Å²) in [6.45, 7) is 4.33. The minimum Gasteiger partial charge on any atom is -0.396 e. The number of H-pyrrole nitrogens is 1. The average molecular weight is 301 g/mol. The zero-order valence-corrected chi connectivity index (χ0v) is 12.8. The summed E-state index contributed by atoms with van der Waals surface area (Å²) in [6, 6.07) is 7.57. The van der Waals surface area contributed by atoms with Gasteiger partial charge in [-0.3, -0.25) is 5.10 Å². The van der Waals surface area contributed by atoms with Crippen LogP contribution >= 0.6 is 11.6 Å². The van der Waals surface area contributed by atoms with Gasteiger partial charge >= 0.3 is 0 Å². The molecule has 3 rings (SSSR count). The van der Waals surface area contributed by atoms with Gasteiger partial charge in [0.05, 0.1) is 17.1 Å². The van der Waals surface area contributed by atoms with E-state index in [-0.39, 0.29) is 0 Å². The number of aromatic nitrogens is 3. The SMILES string of the molecule is CC(C)Cc1nc(-c2ccc(Cl)cc2)c(N)c2c[nH]nc12. The number of nitrogen functional groups attached to an aromatic ring is 1. The van der Waals surface area contributed by atoms with E-state index in [9.17, 15) is 0 Å². The molecule has 2 aromatic heterocycles. The standard InChI is InChI=1S/C16H17ClN4/c1-9(2)7-13-16-12(8-19-21-16)14(18)15(20-13)10-3-5-11(17)6-4-10/h3-6,8-9H,7,18H2,1-2H3,(H,19,21). The van der Waals surface area contributed by atoms with E-state index in [2.05, 4.69) is 24.0 Å². The number of nitrogens with two attached hydrogens (primary N) is 1. The van der Waals surface area contributed by atoms with Crippen LogP contribution in [0.3, 0.4) is 0 Å². The number of aromatic amines is 1. The molecule has 0 aliphatic carbocycles. The molecule has 0 fully saturated rings. The quantitative estimate of drug-likeness (QED) is 0.766. The number of fused-ring (bicyclic) bond motifs is 1. The second kappa shape index (κ2) is 5.37. The summed E-state index contributed by atoms with van der Waals surface area (Å²) in [7, 11) is 0. The Bertz CT molecular complexity index is 775. The zero-order chi connectivity index (χ0) is 15.0. The van der Waals surface area contributed by atoms with Gasteiger partial charge < -0.3 is 5.73 Å². The van der Waals surface area contributed by atoms with Gasteiger partial charge in [-0.25, -0.2) is 4.98 Å². The van der Waals surface area contributed by atoms with Gasteiger partial charge in [0, 0.05) is 22.2 Å². The predicted molar refractivity (Wildman–Crippen MR) is 87.3 cm³/mol. The Morgan fingerprint density at radius 1 is 1.24 bits per heavy atom. The van der Waals surface area contributed by atoms with Crippen molar-refractivity contribution in [3.05, 3.63) is 41.2 Å². The highest BCUT2D eigenvalue weighted by Crippen LogP contribution is 2.32. The lowest BCUT2D eigenvalue weighted by Crippen LogP contribution is -2.03. The zero-order valence-electron chi connectivity index (χ0n) is 12.0. The molecule has 4 nitrogen and oxygen atoms in total. The third kappa shape index (κ3) is 2.59. The van der Waals surface area contributed by atoms with Gasteiger partial charge in [-0.05, 0) is 24.5 Å². The monoisotopic (exact) mass is 300 g/mol. The second-order valence-electron chi connectivity index (χ2n) is 5.57. The van der Waals surface area contributed by atoms with E-state index < -0.39 is 0 Å². The van der Waals surface area contributed by atoms with Crippen molar-refractivity contribution in [1.82, 2.24) is 15.2 Å². The topological polar surface area (TPSA) is 67.6 Å². The first-order valence-corrected chi connectivity index (χ1v) is 7.32. The smallest absolute Gasteiger partial charge is 0.116 e. The van der Waals surface area contributed by atoms with E-state index in [0.29, 0.717) is 16.6 Å². The molecule has 21 heavy (non-hydrogen) atoms. The van der Waals surface area contributed by atoms with Crippen LogP contribution in [0.4, 0.5) is 5.69 Å². The van der Waals surface area contributed by atoms with Crippen LogP contribution in [0.15, 0.2) is 30.5 Å². The Hall–Kier alpha value is -2.07. The van der Waals surface area contributed by atoms with E-state index in [0.717, 1.165) is 34.3 Å². The van der Waals surface area contributed by atoms with Gasteiger partial charge in [0.1, 0.15) is 5.52 Å². The predicted octanol–water partition coefficient (Wildman–Crippen LogP) is 4.06. The molecule has 0 radical (unpaired) electrons. The Kier molecular flexibility index (Phi) is 3.55. The lowest BCUT2D eigenvalue weighted by Gasteiger charge is -2.11. The van der Waals surface area contributed by atoms with Crippen LogP contribution in [0, 0.1) is 5.92 Å². The Balaban J connectivity index is 2.22. The minimum atomic E-state index is 0.499. The van der Waals surface area contributed by atoms with Crippen LogP contribution in [0.5, 0.6) is 0 Å². The van der Waals surface area contributed by atoms with Gasteiger partial charge in [0.25, 0.3) is 0 Å². The molecule has 108 valence electrons. The van der Waals surface area contributed by atoms with E-state index in [1.165, 1.54) is 0 Å². The number of nitrogens with zero attached hydrogens (tertiary/aromatic N) is 2. The van der Waals surface area contributed by atoms with Gasteiger partial charge in [0.15, 0.2) is 0 Å². The number of rotatable bonds is 3. The number of nitrogens with one attached hydrogen (secondary N) is 1. The Labute approximate surface area is 128 Å². The van der Waals surface area contributed by atoms with E-state index >= 15 is 0 Å². The van der Waals surface area contributed by atoms with Crippen molar-refractivity contribution in [3.63, 3.8) is 0 Å². The third-order valence-electron chi connectivity index (χ3n) is 3.43. The second-order valence-corrected chi connectivity index (χ2v) is 6.01. The molecule has 0 aliphatic heterocycles. The fourth-order valence-corrected chi connectivity index (χ4v) is 2.57. The molecular weight excluding hydrogens is 284 g/mol. The molecule has 1 aromatic carbocycles. The Morgan fingerprint density at radius 2 is 1.95 bits per heavy atom. The average Bonchev–Trinajstić information content (AvgIpc) is 2.93. The Morgan fingerprint density at radius 3 is 2.62 bits per heavy atom. The van der Waals surface area contributed by atoms with Crippen molar-refractivity contribution in [2.75, 3.05) is 5.73 Å². The summed E-state index contributed by atoms with van der Waals surface area (Å²) in [5.74, 6) is 0.499. The molecule has 0 amide bonds. The molecule has 0 saturated heterocycles. The molecule has 3 N–H and O–H groups in total. The first-order valence-electron chi connectivity index (χ1n) is 6.94. The summed E-state index contributed by atoms with van der Waals surface area (Å²) in [5, 5.41) is 8.80. The van der Waals surface area contributed by atoms with Crippen molar-refractivity contribution < 1.29 is 0 Å². The largest absolute Gasteiger partial charge is 0.396 e. The van der Waals surface area contributed by atoms with Crippen molar-refractivity contribution in [2.45, 2.75) is 20.3 Å². The molecule has 5 heteroatoms. The normalized spacial score (nSPS) is 11.4. The number of halogens is 1. The number of anilines is 1. The summed E-state index contributed by atoms with van der Waals surface area (Å²) in [5.41, 5.74) is 10.5. The van der Waals surface area contributed by atoms with Crippen molar-refractivity contribution in [1.29, 1.82) is 0 Å². The van der Waals surface area contributed by atoms with Gasteiger partial charge in [0.2, 0.25) is 0 Å². The molecule has 2 heterocycles.